The number of anilines is 1. The SMILES string of the molecule is Cc1ccccc1N[C@H]1SC(=O)N(C(C)C)C1=O. The van der Waals surface area contributed by atoms with E-state index in [1.54, 1.807) is 0 Å². The number of hydrogen-bond acceptors (Lipinski definition) is 4. The molecule has 1 saturated heterocycles. The summed E-state index contributed by atoms with van der Waals surface area (Å²) in [6.07, 6.45) is 0. The highest BCUT2D eigenvalue weighted by Crippen LogP contribution is 2.30. The van der Waals surface area contributed by atoms with Crippen molar-refractivity contribution in [3.63, 3.8) is 0 Å². The number of para-hydroxylation sites is 1. The van der Waals surface area contributed by atoms with Crippen LogP contribution in [0.2, 0.25) is 0 Å². The Labute approximate surface area is 111 Å². The van der Waals surface area contributed by atoms with E-state index < -0.39 is 5.37 Å². The fourth-order valence-corrected chi connectivity index (χ4v) is 2.87. The van der Waals surface area contributed by atoms with Gasteiger partial charge in [-0.2, -0.15) is 0 Å². The second-order valence-electron chi connectivity index (χ2n) is 4.53. The van der Waals surface area contributed by atoms with Crippen molar-refractivity contribution in [2.75, 3.05) is 5.32 Å². The van der Waals surface area contributed by atoms with Crippen LogP contribution < -0.4 is 5.32 Å². The van der Waals surface area contributed by atoms with Crippen LogP contribution in [0.1, 0.15) is 19.4 Å². The molecule has 1 heterocycles. The molecule has 0 bridgehead atoms. The third-order valence-corrected chi connectivity index (χ3v) is 3.78. The van der Waals surface area contributed by atoms with Gasteiger partial charge >= 0.3 is 0 Å². The molecule has 1 aromatic carbocycles. The summed E-state index contributed by atoms with van der Waals surface area (Å²) in [5.74, 6) is -0.164. The first kappa shape index (κ1) is 13.0. The maximum atomic E-state index is 12.1. The number of thioether (sulfide) groups is 1. The smallest absolute Gasteiger partial charge is 0.291 e. The van der Waals surface area contributed by atoms with Crippen molar-refractivity contribution in [3.05, 3.63) is 29.8 Å². The van der Waals surface area contributed by atoms with Gasteiger partial charge in [0.1, 0.15) is 0 Å². The van der Waals surface area contributed by atoms with Gasteiger partial charge in [-0.1, -0.05) is 18.2 Å². The zero-order valence-corrected chi connectivity index (χ0v) is 11.5. The number of carbonyl (C=O) groups excluding carboxylic acids is 2. The molecule has 0 radical (unpaired) electrons. The van der Waals surface area contributed by atoms with Crippen molar-refractivity contribution >= 4 is 28.6 Å². The van der Waals surface area contributed by atoms with E-state index in [-0.39, 0.29) is 17.2 Å². The van der Waals surface area contributed by atoms with E-state index in [2.05, 4.69) is 5.32 Å². The van der Waals surface area contributed by atoms with Gasteiger partial charge in [-0.05, 0) is 44.2 Å². The van der Waals surface area contributed by atoms with Crippen LogP contribution in [0.15, 0.2) is 24.3 Å². The summed E-state index contributed by atoms with van der Waals surface area (Å²) in [4.78, 5) is 25.1. The molecule has 0 unspecified atom stereocenters. The van der Waals surface area contributed by atoms with Crippen LogP contribution in [-0.4, -0.2) is 27.5 Å². The number of carbonyl (C=O) groups is 2. The van der Waals surface area contributed by atoms with Crippen LogP contribution in [0.3, 0.4) is 0 Å². The molecule has 4 nitrogen and oxygen atoms in total. The minimum absolute atomic E-state index is 0.0961. The number of benzene rings is 1. The van der Waals surface area contributed by atoms with Gasteiger partial charge in [0, 0.05) is 11.7 Å². The normalized spacial score (nSPS) is 19.8. The molecular formula is C13H16N2O2S. The molecule has 1 atom stereocenters. The van der Waals surface area contributed by atoms with Crippen LogP contribution in [-0.2, 0) is 4.79 Å². The summed E-state index contributed by atoms with van der Waals surface area (Å²) in [7, 11) is 0. The molecule has 2 amide bonds. The Morgan fingerprint density at radius 3 is 2.50 bits per heavy atom. The predicted octanol–water partition coefficient (Wildman–Crippen LogP) is 2.84. The Hall–Kier alpha value is -1.49. The average molecular weight is 264 g/mol. The molecule has 96 valence electrons. The average Bonchev–Trinajstić information content (AvgIpc) is 2.57. The number of rotatable bonds is 3. The van der Waals surface area contributed by atoms with Crippen molar-refractivity contribution in [1.82, 2.24) is 4.90 Å². The van der Waals surface area contributed by atoms with E-state index in [0.29, 0.717) is 0 Å². The van der Waals surface area contributed by atoms with E-state index in [1.165, 1.54) is 4.90 Å². The molecule has 1 N–H and O–H groups in total. The molecule has 5 heteroatoms. The van der Waals surface area contributed by atoms with Gasteiger partial charge in [0.15, 0.2) is 5.37 Å². The Morgan fingerprint density at radius 2 is 1.94 bits per heavy atom. The molecule has 1 aromatic rings. The van der Waals surface area contributed by atoms with Gasteiger partial charge in [0.2, 0.25) is 0 Å². The summed E-state index contributed by atoms with van der Waals surface area (Å²) in [5.41, 5.74) is 1.95. The van der Waals surface area contributed by atoms with Crippen molar-refractivity contribution in [1.29, 1.82) is 0 Å². The van der Waals surface area contributed by atoms with Crippen LogP contribution in [0.25, 0.3) is 0 Å². The summed E-state index contributed by atoms with van der Waals surface area (Å²) in [6, 6.07) is 7.62. The molecular weight excluding hydrogens is 248 g/mol. The Bertz CT molecular complexity index is 488. The van der Waals surface area contributed by atoms with E-state index in [0.717, 1.165) is 23.0 Å². The van der Waals surface area contributed by atoms with Crippen LogP contribution in [0.5, 0.6) is 0 Å². The van der Waals surface area contributed by atoms with Gasteiger partial charge in [-0.3, -0.25) is 14.5 Å². The van der Waals surface area contributed by atoms with Gasteiger partial charge < -0.3 is 5.32 Å². The molecule has 2 rings (SSSR count). The lowest BCUT2D eigenvalue weighted by molar-refractivity contribution is -0.127. The molecule has 18 heavy (non-hydrogen) atoms. The van der Waals surface area contributed by atoms with E-state index in [4.69, 9.17) is 0 Å². The van der Waals surface area contributed by atoms with Gasteiger partial charge in [0.25, 0.3) is 11.1 Å². The summed E-state index contributed by atoms with van der Waals surface area (Å²) >= 11 is 1.04. The van der Waals surface area contributed by atoms with Crippen LogP contribution >= 0.6 is 11.8 Å². The number of nitrogens with zero attached hydrogens (tertiary/aromatic N) is 1. The molecule has 0 aliphatic carbocycles. The highest BCUT2D eigenvalue weighted by molar-refractivity contribution is 8.15. The maximum Gasteiger partial charge on any atom is 0.291 e. The van der Waals surface area contributed by atoms with Crippen molar-refractivity contribution in [2.45, 2.75) is 32.2 Å². The van der Waals surface area contributed by atoms with Crippen LogP contribution in [0, 0.1) is 6.92 Å². The largest absolute Gasteiger partial charge is 0.365 e. The summed E-state index contributed by atoms with van der Waals surface area (Å²) in [6.45, 7) is 5.65. The van der Waals surface area contributed by atoms with Crippen molar-refractivity contribution in [3.8, 4) is 0 Å². The first-order chi connectivity index (χ1) is 8.50. The van der Waals surface area contributed by atoms with Gasteiger partial charge in [-0.15, -0.1) is 0 Å². The topological polar surface area (TPSA) is 49.4 Å². The zero-order chi connectivity index (χ0) is 13.3. The molecule has 1 aliphatic heterocycles. The zero-order valence-electron chi connectivity index (χ0n) is 10.6. The molecule has 1 aliphatic rings. The van der Waals surface area contributed by atoms with Crippen molar-refractivity contribution in [2.24, 2.45) is 0 Å². The lowest BCUT2D eigenvalue weighted by Gasteiger charge is -2.18. The molecule has 0 aromatic heterocycles. The summed E-state index contributed by atoms with van der Waals surface area (Å²) in [5, 5.41) is 2.43. The first-order valence-corrected chi connectivity index (χ1v) is 6.74. The quantitative estimate of drug-likeness (QED) is 0.912. The minimum atomic E-state index is -0.513. The highest BCUT2D eigenvalue weighted by Gasteiger charge is 2.41. The van der Waals surface area contributed by atoms with E-state index in [1.807, 2.05) is 45.0 Å². The number of hydrogen-bond donors (Lipinski definition) is 1. The van der Waals surface area contributed by atoms with Crippen molar-refractivity contribution < 1.29 is 9.59 Å². The maximum absolute atomic E-state index is 12.1. The Kier molecular flexibility index (Phi) is 3.61. The Balaban J connectivity index is 2.15. The molecule has 0 saturated carbocycles. The highest BCUT2D eigenvalue weighted by atomic mass is 32.2. The predicted molar refractivity (Wildman–Crippen MR) is 73.6 cm³/mol. The first-order valence-electron chi connectivity index (χ1n) is 5.86. The van der Waals surface area contributed by atoms with Gasteiger partial charge in [-0.25, -0.2) is 0 Å². The lowest BCUT2D eigenvalue weighted by Crippen LogP contribution is -2.39. The number of nitrogens with one attached hydrogen (secondary N) is 1. The molecule has 1 fully saturated rings. The fourth-order valence-electron chi connectivity index (χ4n) is 1.86. The standard InChI is InChI=1S/C13H16N2O2S/c1-8(2)15-12(16)11(18-13(15)17)14-10-7-5-4-6-9(10)3/h4-8,11,14H,1-3H3/t11-/m0/s1. The fraction of sp³-hybridized carbons (Fsp3) is 0.385. The van der Waals surface area contributed by atoms with Crippen LogP contribution in [0.4, 0.5) is 10.5 Å². The Morgan fingerprint density at radius 1 is 1.28 bits per heavy atom. The minimum Gasteiger partial charge on any atom is -0.365 e. The number of amides is 2. The second-order valence-corrected chi connectivity index (χ2v) is 5.58. The van der Waals surface area contributed by atoms with Gasteiger partial charge in [0.05, 0.1) is 0 Å². The third kappa shape index (κ3) is 2.36. The number of aryl methyl sites for hydroxylation is 1. The van der Waals surface area contributed by atoms with E-state index >= 15 is 0 Å². The monoisotopic (exact) mass is 264 g/mol. The van der Waals surface area contributed by atoms with E-state index in [9.17, 15) is 9.59 Å². The molecule has 0 spiro atoms. The lowest BCUT2D eigenvalue weighted by atomic mass is 10.2. The summed E-state index contributed by atoms with van der Waals surface area (Å²) < 4.78 is 0. The number of imide groups is 1. The second kappa shape index (κ2) is 5.02. The third-order valence-electron chi connectivity index (χ3n) is 2.83.